The Hall–Kier alpha value is -2.76. The summed E-state index contributed by atoms with van der Waals surface area (Å²) < 4.78 is 0. The summed E-state index contributed by atoms with van der Waals surface area (Å²) in [7, 11) is 0. The van der Waals surface area contributed by atoms with Crippen LogP contribution >= 0.6 is 0 Å². The van der Waals surface area contributed by atoms with Crippen LogP contribution < -0.4 is 5.32 Å². The van der Waals surface area contributed by atoms with Crippen molar-refractivity contribution in [2.45, 2.75) is 0 Å². The van der Waals surface area contributed by atoms with Gasteiger partial charge in [0, 0.05) is 12.4 Å². The highest BCUT2D eigenvalue weighted by Gasteiger charge is 2.08. The van der Waals surface area contributed by atoms with Crippen LogP contribution in [0.5, 0.6) is 0 Å². The third-order valence-electron chi connectivity index (χ3n) is 2.15. The lowest BCUT2D eigenvalue weighted by atomic mass is 10.3. The number of carbonyl (C=O) groups is 2. The lowest BCUT2D eigenvalue weighted by molar-refractivity contribution is 0.0696. The Kier molecular flexibility index (Phi) is 3.29. The van der Waals surface area contributed by atoms with Crippen molar-refractivity contribution in [3.63, 3.8) is 0 Å². The van der Waals surface area contributed by atoms with Crippen LogP contribution in [0.1, 0.15) is 20.8 Å². The second-order valence-corrected chi connectivity index (χ2v) is 3.41. The lowest BCUT2D eigenvalue weighted by Gasteiger charge is -2.03. The molecule has 0 fully saturated rings. The fraction of sp³-hybridized carbons (Fsp3) is 0. The molecule has 2 aromatic rings. The second kappa shape index (κ2) is 5.05. The molecule has 0 saturated carbocycles. The number of hydrogen-bond donors (Lipinski definition) is 2. The third-order valence-corrected chi connectivity index (χ3v) is 2.15. The summed E-state index contributed by atoms with van der Waals surface area (Å²) in [6.45, 7) is 0. The van der Waals surface area contributed by atoms with E-state index in [1.807, 2.05) is 0 Å². The van der Waals surface area contributed by atoms with Crippen LogP contribution in [-0.2, 0) is 0 Å². The zero-order chi connectivity index (χ0) is 13.0. The minimum Gasteiger partial charge on any atom is -0.478 e. The number of nitrogens with one attached hydrogen (secondary N) is 1. The van der Waals surface area contributed by atoms with Gasteiger partial charge in [-0.25, -0.2) is 9.78 Å². The van der Waals surface area contributed by atoms with Crippen LogP contribution in [-0.4, -0.2) is 27.0 Å². The molecule has 0 bridgehead atoms. The van der Waals surface area contributed by atoms with Crippen molar-refractivity contribution >= 4 is 17.7 Å². The maximum atomic E-state index is 11.7. The van der Waals surface area contributed by atoms with E-state index < -0.39 is 11.9 Å². The molecule has 0 aliphatic heterocycles. The molecule has 6 heteroatoms. The average Bonchev–Trinajstić information content (AvgIpc) is 2.40. The molecule has 2 heterocycles. The molecule has 0 spiro atoms. The van der Waals surface area contributed by atoms with Gasteiger partial charge in [0.2, 0.25) is 0 Å². The summed E-state index contributed by atoms with van der Waals surface area (Å²) in [6.07, 6.45) is 2.69. The van der Waals surface area contributed by atoms with E-state index in [0.29, 0.717) is 0 Å². The van der Waals surface area contributed by atoms with Crippen molar-refractivity contribution < 1.29 is 14.7 Å². The van der Waals surface area contributed by atoms with E-state index in [9.17, 15) is 9.59 Å². The van der Waals surface area contributed by atoms with E-state index >= 15 is 0 Å². The number of carboxylic acids is 1. The number of carboxylic acid groups (broad SMARTS) is 1. The van der Waals surface area contributed by atoms with Crippen LogP contribution in [0.2, 0.25) is 0 Å². The topological polar surface area (TPSA) is 92.2 Å². The van der Waals surface area contributed by atoms with E-state index in [0.717, 1.165) is 0 Å². The smallest absolute Gasteiger partial charge is 0.337 e. The number of hydrogen-bond acceptors (Lipinski definition) is 4. The van der Waals surface area contributed by atoms with Crippen LogP contribution in [0.25, 0.3) is 0 Å². The van der Waals surface area contributed by atoms with Gasteiger partial charge in [0.05, 0.1) is 5.56 Å². The van der Waals surface area contributed by atoms with Crippen molar-refractivity contribution in [2.24, 2.45) is 0 Å². The number of aromatic nitrogens is 2. The van der Waals surface area contributed by atoms with Gasteiger partial charge in [0.25, 0.3) is 5.91 Å². The first-order valence-corrected chi connectivity index (χ1v) is 5.08. The lowest BCUT2D eigenvalue weighted by Crippen LogP contribution is -2.14. The van der Waals surface area contributed by atoms with E-state index in [-0.39, 0.29) is 17.1 Å². The van der Waals surface area contributed by atoms with E-state index in [1.54, 1.807) is 18.2 Å². The summed E-state index contributed by atoms with van der Waals surface area (Å²) in [4.78, 5) is 30.0. The van der Waals surface area contributed by atoms with Crippen LogP contribution in [0.15, 0.2) is 42.7 Å². The van der Waals surface area contributed by atoms with Gasteiger partial charge in [-0.3, -0.25) is 9.78 Å². The zero-order valence-corrected chi connectivity index (χ0v) is 9.20. The molecule has 90 valence electrons. The Bertz CT molecular complexity index is 567. The van der Waals surface area contributed by atoms with Crippen molar-refractivity contribution in [3.8, 4) is 0 Å². The number of carbonyl (C=O) groups excluding carboxylic acids is 1. The van der Waals surface area contributed by atoms with Crippen LogP contribution in [0.3, 0.4) is 0 Å². The quantitative estimate of drug-likeness (QED) is 0.850. The molecule has 2 N–H and O–H groups in total. The summed E-state index contributed by atoms with van der Waals surface area (Å²) >= 11 is 0. The van der Waals surface area contributed by atoms with Gasteiger partial charge < -0.3 is 10.4 Å². The Morgan fingerprint density at radius 2 is 1.94 bits per heavy atom. The van der Waals surface area contributed by atoms with Gasteiger partial charge in [0.1, 0.15) is 11.5 Å². The molecule has 0 radical (unpaired) electrons. The second-order valence-electron chi connectivity index (χ2n) is 3.41. The highest BCUT2D eigenvalue weighted by molar-refractivity contribution is 6.02. The molecular formula is C12H9N3O3. The fourth-order valence-corrected chi connectivity index (χ4v) is 1.27. The molecule has 0 aliphatic rings. The predicted octanol–water partition coefficient (Wildman–Crippen LogP) is 1.43. The SMILES string of the molecule is O=C(O)c1ccc(NC(=O)c2ccccn2)nc1. The van der Waals surface area contributed by atoms with Gasteiger partial charge in [-0.15, -0.1) is 0 Å². The molecule has 0 aromatic carbocycles. The predicted molar refractivity (Wildman–Crippen MR) is 63.4 cm³/mol. The molecule has 0 aliphatic carbocycles. The Balaban J connectivity index is 2.10. The Morgan fingerprint density at radius 3 is 2.50 bits per heavy atom. The van der Waals surface area contributed by atoms with Crippen LogP contribution in [0, 0.1) is 0 Å². The first-order valence-electron chi connectivity index (χ1n) is 5.08. The van der Waals surface area contributed by atoms with Gasteiger partial charge in [-0.1, -0.05) is 6.07 Å². The zero-order valence-electron chi connectivity index (χ0n) is 9.20. The van der Waals surface area contributed by atoms with Crippen molar-refractivity contribution in [1.82, 2.24) is 9.97 Å². The first-order chi connectivity index (χ1) is 8.66. The number of anilines is 1. The van der Waals surface area contributed by atoms with E-state index in [1.165, 1.54) is 24.5 Å². The molecular weight excluding hydrogens is 234 g/mol. The normalized spacial score (nSPS) is 9.78. The van der Waals surface area contributed by atoms with Crippen LogP contribution in [0.4, 0.5) is 5.82 Å². The molecule has 6 nitrogen and oxygen atoms in total. The minimum atomic E-state index is -1.06. The Labute approximate surface area is 102 Å². The van der Waals surface area contributed by atoms with Gasteiger partial charge >= 0.3 is 5.97 Å². The molecule has 0 saturated heterocycles. The molecule has 0 unspecified atom stereocenters. The molecule has 1 amide bonds. The average molecular weight is 243 g/mol. The number of pyridine rings is 2. The number of amides is 1. The standard InChI is InChI=1S/C12H9N3O3/c16-11(9-3-1-2-6-13-9)15-10-5-4-8(7-14-10)12(17)18/h1-7H,(H,17,18)(H,14,15,16). The minimum absolute atomic E-state index is 0.0610. The maximum Gasteiger partial charge on any atom is 0.337 e. The fourth-order valence-electron chi connectivity index (χ4n) is 1.27. The third kappa shape index (κ3) is 2.67. The molecule has 2 aromatic heterocycles. The Morgan fingerprint density at radius 1 is 1.11 bits per heavy atom. The van der Waals surface area contributed by atoms with Gasteiger partial charge in [-0.2, -0.15) is 0 Å². The molecule has 2 rings (SSSR count). The largest absolute Gasteiger partial charge is 0.478 e. The van der Waals surface area contributed by atoms with Gasteiger partial charge in [0.15, 0.2) is 0 Å². The van der Waals surface area contributed by atoms with Crippen molar-refractivity contribution in [2.75, 3.05) is 5.32 Å². The van der Waals surface area contributed by atoms with Crippen molar-refractivity contribution in [1.29, 1.82) is 0 Å². The van der Waals surface area contributed by atoms with E-state index in [4.69, 9.17) is 5.11 Å². The number of rotatable bonds is 3. The summed E-state index contributed by atoms with van der Waals surface area (Å²) in [6, 6.07) is 7.76. The summed E-state index contributed by atoms with van der Waals surface area (Å²) in [5, 5.41) is 11.2. The summed E-state index contributed by atoms with van der Waals surface area (Å²) in [5.41, 5.74) is 0.326. The maximum absolute atomic E-state index is 11.7. The molecule has 0 atom stereocenters. The number of nitrogens with zero attached hydrogens (tertiary/aromatic N) is 2. The monoisotopic (exact) mass is 243 g/mol. The first kappa shape index (κ1) is 11.7. The summed E-state index contributed by atoms with van der Waals surface area (Å²) in [5.74, 6) is -1.19. The highest BCUT2D eigenvalue weighted by Crippen LogP contribution is 2.06. The van der Waals surface area contributed by atoms with Gasteiger partial charge in [-0.05, 0) is 24.3 Å². The van der Waals surface area contributed by atoms with Crippen molar-refractivity contribution in [3.05, 3.63) is 54.0 Å². The number of aromatic carboxylic acids is 1. The molecule has 18 heavy (non-hydrogen) atoms. The van der Waals surface area contributed by atoms with E-state index in [2.05, 4.69) is 15.3 Å². The highest BCUT2D eigenvalue weighted by atomic mass is 16.4.